The number of methoxy groups -OCH3 is 1. The van der Waals surface area contributed by atoms with Gasteiger partial charge in [0.05, 0.1) is 24.2 Å². The van der Waals surface area contributed by atoms with Crippen LogP contribution >= 0.6 is 0 Å². The van der Waals surface area contributed by atoms with Crippen LogP contribution in [0.4, 0.5) is 0 Å². The van der Waals surface area contributed by atoms with Crippen molar-refractivity contribution in [3.05, 3.63) is 29.3 Å². The summed E-state index contributed by atoms with van der Waals surface area (Å²) in [6, 6.07) is 5.14. The smallest absolute Gasteiger partial charge is 0.306 e. The number of carboxylic acid groups (broad SMARTS) is 1. The summed E-state index contributed by atoms with van der Waals surface area (Å²) in [5.74, 6) is -0.590. The highest BCUT2D eigenvalue weighted by Gasteiger charge is 2.29. The lowest BCUT2D eigenvalue weighted by atomic mass is 9.81. The number of carbonyl (C=O) groups excluding carboxylic acids is 1. The second-order valence-corrected chi connectivity index (χ2v) is 9.68. The summed E-state index contributed by atoms with van der Waals surface area (Å²) in [6.07, 6.45) is 1.28. The first-order chi connectivity index (χ1) is 15.5. The van der Waals surface area contributed by atoms with Crippen molar-refractivity contribution in [2.45, 2.75) is 72.4 Å². The fourth-order valence-electron chi connectivity index (χ4n) is 3.98. The first-order valence-electron chi connectivity index (χ1n) is 11.9. The highest BCUT2D eigenvalue weighted by Crippen LogP contribution is 2.28. The molecule has 0 aromatic heterocycles. The zero-order valence-electron chi connectivity index (χ0n) is 21.0. The lowest BCUT2D eigenvalue weighted by Gasteiger charge is -2.29. The van der Waals surface area contributed by atoms with Crippen LogP contribution in [0.5, 0.6) is 5.75 Å². The molecule has 0 bridgehead atoms. The van der Waals surface area contributed by atoms with Crippen LogP contribution in [0.1, 0.15) is 69.8 Å². The van der Waals surface area contributed by atoms with E-state index in [0.29, 0.717) is 36.9 Å². The molecule has 4 unspecified atom stereocenters. The molecule has 0 amide bonds. The van der Waals surface area contributed by atoms with Crippen LogP contribution in [0, 0.1) is 23.7 Å². The van der Waals surface area contributed by atoms with Gasteiger partial charge in [-0.25, -0.2) is 0 Å². The van der Waals surface area contributed by atoms with E-state index in [4.69, 9.17) is 15.2 Å². The van der Waals surface area contributed by atoms with E-state index in [2.05, 4.69) is 13.8 Å². The zero-order chi connectivity index (χ0) is 25.1. The van der Waals surface area contributed by atoms with Gasteiger partial charge >= 0.3 is 5.97 Å². The Morgan fingerprint density at radius 2 is 1.73 bits per heavy atom. The van der Waals surface area contributed by atoms with Gasteiger partial charge in [-0.2, -0.15) is 0 Å². The Hall–Kier alpha value is -1.96. The number of hydrogen-bond donors (Lipinski definition) is 3. The van der Waals surface area contributed by atoms with Crippen LogP contribution in [0.15, 0.2) is 18.2 Å². The second kappa shape index (κ2) is 14.3. The number of aliphatic hydroxyl groups is 1. The fraction of sp³-hybridized carbons (Fsp3) is 0.692. The van der Waals surface area contributed by atoms with E-state index in [1.807, 2.05) is 26.0 Å². The fourth-order valence-corrected chi connectivity index (χ4v) is 3.98. The van der Waals surface area contributed by atoms with Crippen LogP contribution in [0.3, 0.4) is 0 Å². The van der Waals surface area contributed by atoms with Crippen molar-refractivity contribution < 1.29 is 29.3 Å². The third-order valence-electron chi connectivity index (χ3n) is 6.30. The predicted octanol–water partition coefficient (Wildman–Crippen LogP) is 3.94. The molecule has 0 radical (unpaired) electrons. The van der Waals surface area contributed by atoms with E-state index in [1.165, 1.54) is 6.92 Å². The quantitative estimate of drug-likeness (QED) is 0.250. The molecule has 7 heteroatoms. The van der Waals surface area contributed by atoms with Crippen LogP contribution in [0.2, 0.25) is 0 Å². The van der Waals surface area contributed by atoms with Gasteiger partial charge in [0.1, 0.15) is 5.75 Å². The average molecular weight is 466 g/mol. The number of Topliss-reactive ketones (excluding diaryl/α,β-unsaturated/α-hetero) is 1. The molecule has 0 fully saturated rings. The number of carbonyl (C=O) groups is 2. The number of hydrogen-bond acceptors (Lipinski definition) is 6. The summed E-state index contributed by atoms with van der Waals surface area (Å²) in [6.45, 7) is 10.5. The van der Waals surface area contributed by atoms with Crippen molar-refractivity contribution in [3.63, 3.8) is 0 Å². The normalized spacial score (nSPS) is 15.3. The molecule has 7 nitrogen and oxygen atoms in total. The van der Waals surface area contributed by atoms with Crippen LogP contribution in [-0.2, 0) is 16.0 Å². The molecule has 0 aliphatic heterocycles. The summed E-state index contributed by atoms with van der Waals surface area (Å²) >= 11 is 0. The van der Waals surface area contributed by atoms with Crippen LogP contribution < -0.4 is 10.5 Å². The molecule has 0 spiro atoms. The molecule has 0 saturated carbocycles. The highest BCUT2D eigenvalue weighted by molar-refractivity contribution is 5.96. The molecular weight excluding hydrogens is 422 g/mol. The summed E-state index contributed by atoms with van der Waals surface area (Å²) in [7, 11) is 1.64. The lowest BCUT2D eigenvalue weighted by molar-refractivity contribution is -0.144. The minimum absolute atomic E-state index is 0.0491. The molecule has 0 heterocycles. The summed E-state index contributed by atoms with van der Waals surface area (Å²) in [4.78, 5) is 23.5. The van der Waals surface area contributed by atoms with E-state index in [-0.39, 0.29) is 24.0 Å². The van der Waals surface area contributed by atoms with Crippen molar-refractivity contribution in [2.75, 3.05) is 20.3 Å². The predicted molar refractivity (Wildman–Crippen MR) is 130 cm³/mol. The molecule has 0 aliphatic rings. The van der Waals surface area contributed by atoms with Gasteiger partial charge in [0.2, 0.25) is 0 Å². The number of ketones is 1. The van der Waals surface area contributed by atoms with E-state index in [9.17, 15) is 19.8 Å². The van der Waals surface area contributed by atoms with Gasteiger partial charge in [-0.1, -0.05) is 33.8 Å². The van der Waals surface area contributed by atoms with E-state index in [1.54, 1.807) is 13.2 Å². The third-order valence-corrected chi connectivity index (χ3v) is 6.30. The number of aliphatic hydroxyl groups excluding tert-OH is 1. The Balaban J connectivity index is 2.92. The number of ether oxygens (including phenoxy) is 2. The molecule has 188 valence electrons. The molecule has 1 rings (SSSR count). The van der Waals surface area contributed by atoms with E-state index < -0.39 is 24.0 Å². The first-order valence-corrected chi connectivity index (χ1v) is 11.9. The summed E-state index contributed by atoms with van der Waals surface area (Å²) < 4.78 is 10.9. The first kappa shape index (κ1) is 29.1. The highest BCUT2D eigenvalue weighted by atomic mass is 16.5. The van der Waals surface area contributed by atoms with E-state index in [0.717, 1.165) is 18.4 Å². The maximum atomic E-state index is 12.0. The molecule has 33 heavy (non-hydrogen) atoms. The summed E-state index contributed by atoms with van der Waals surface area (Å²) in [5, 5.41) is 20.0. The molecule has 1 aromatic rings. The molecule has 4 atom stereocenters. The molecule has 0 aliphatic carbocycles. The van der Waals surface area contributed by atoms with Crippen molar-refractivity contribution in [1.82, 2.24) is 0 Å². The van der Waals surface area contributed by atoms with Gasteiger partial charge in [0, 0.05) is 26.2 Å². The zero-order valence-corrected chi connectivity index (χ0v) is 21.0. The Kier molecular flexibility index (Phi) is 12.6. The summed E-state index contributed by atoms with van der Waals surface area (Å²) in [5.41, 5.74) is 7.91. The van der Waals surface area contributed by atoms with Gasteiger partial charge in [0.25, 0.3) is 0 Å². The van der Waals surface area contributed by atoms with Crippen molar-refractivity contribution in [3.8, 4) is 5.75 Å². The van der Waals surface area contributed by atoms with Gasteiger partial charge in [0.15, 0.2) is 5.78 Å². The van der Waals surface area contributed by atoms with Gasteiger partial charge in [-0.15, -0.1) is 0 Å². The number of rotatable bonds is 16. The maximum Gasteiger partial charge on any atom is 0.306 e. The molecule has 0 saturated heterocycles. The van der Waals surface area contributed by atoms with Crippen molar-refractivity contribution >= 4 is 11.8 Å². The van der Waals surface area contributed by atoms with Crippen LogP contribution in [-0.4, -0.2) is 54.4 Å². The molecule has 1 aromatic carbocycles. The van der Waals surface area contributed by atoms with Crippen molar-refractivity contribution in [2.24, 2.45) is 29.4 Å². The van der Waals surface area contributed by atoms with Crippen LogP contribution in [0.25, 0.3) is 0 Å². The third kappa shape index (κ3) is 9.82. The Labute approximate surface area is 198 Å². The number of nitrogens with two attached hydrogens (primary N) is 1. The Morgan fingerprint density at radius 3 is 2.24 bits per heavy atom. The molecule has 4 N–H and O–H groups in total. The standard InChI is InChI=1S/C26H43NO6/c1-16(2)20(14-23(27)24(29)15-22(17(3)4)26(30)31)12-19-8-9-21(18(5)28)25(13-19)33-11-7-10-32-6/h8-9,13,16-17,20,22-24,29H,7,10-12,14-15,27H2,1-6H3,(H,30,31). The van der Waals surface area contributed by atoms with Gasteiger partial charge in [-0.3, -0.25) is 9.59 Å². The number of benzene rings is 1. The number of aliphatic carboxylic acids is 1. The van der Waals surface area contributed by atoms with Crippen molar-refractivity contribution in [1.29, 1.82) is 0 Å². The van der Waals surface area contributed by atoms with Gasteiger partial charge in [-0.05, 0) is 61.6 Å². The van der Waals surface area contributed by atoms with E-state index >= 15 is 0 Å². The molecular formula is C26H43NO6. The maximum absolute atomic E-state index is 12.0. The minimum Gasteiger partial charge on any atom is -0.493 e. The number of carboxylic acids is 1. The SMILES string of the molecule is COCCCOc1cc(CC(CC(N)C(O)CC(C(=O)O)C(C)C)C(C)C)ccc1C(C)=O. The van der Waals surface area contributed by atoms with Gasteiger partial charge < -0.3 is 25.4 Å². The largest absolute Gasteiger partial charge is 0.493 e. The topological polar surface area (TPSA) is 119 Å². The average Bonchev–Trinajstić information content (AvgIpc) is 2.73. The monoisotopic (exact) mass is 465 g/mol. The minimum atomic E-state index is -0.903. The second-order valence-electron chi connectivity index (χ2n) is 9.68. The Morgan fingerprint density at radius 1 is 1.06 bits per heavy atom. The lowest BCUT2D eigenvalue weighted by Crippen LogP contribution is -2.40. The Bertz CT molecular complexity index is 748.